The molecule has 0 aliphatic rings. The monoisotopic (exact) mass is 293 g/mol. The first-order chi connectivity index (χ1) is 9.99. The van der Waals surface area contributed by atoms with Crippen LogP contribution in [-0.2, 0) is 6.54 Å². The Hall–Kier alpha value is -1.04. The van der Waals surface area contributed by atoms with Crippen LogP contribution in [0.1, 0.15) is 45.6 Å². The number of ether oxygens (including phenoxy) is 1. The lowest BCUT2D eigenvalue weighted by Crippen LogP contribution is -2.38. The number of nitrogens with zero attached hydrogens (tertiary/aromatic N) is 1. The van der Waals surface area contributed by atoms with Gasteiger partial charge in [-0.2, -0.15) is 0 Å². The van der Waals surface area contributed by atoms with Crippen molar-refractivity contribution in [3.8, 4) is 5.75 Å². The Balaban J connectivity index is 2.89. The van der Waals surface area contributed by atoms with Gasteiger partial charge < -0.3 is 14.8 Å². The van der Waals surface area contributed by atoms with Crippen LogP contribution in [0.15, 0.2) is 18.2 Å². The van der Waals surface area contributed by atoms with Gasteiger partial charge in [-0.05, 0) is 50.0 Å². The molecule has 118 valence electrons. The predicted molar refractivity (Wildman–Crippen MR) is 87.9 cm³/mol. The van der Waals surface area contributed by atoms with Gasteiger partial charge in [0.2, 0.25) is 0 Å². The highest BCUT2D eigenvalue weighted by Crippen LogP contribution is 2.15. The first kappa shape index (κ1) is 18.0. The maximum atomic E-state index is 9.53. The molecule has 0 radical (unpaired) electrons. The molecule has 0 aliphatic heterocycles. The highest BCUT2D eigenvalue weighted by Gasteiger charge is 2.19. The Morgan fingerprint density at radius 2 is 1.95 bits per heavy atom. The lowest BCUT2D eigenvalue weighted by atomic mass is 9.76. The lowest BCUT2D eigenvalue weighted by Gasteiger charge is -2.27. The first-order valence-electron chi connectivity index (χ1n) is 7.76. The molecule has 0 saturated carbocycles. The third kappa shape index (κ3) is 5.69. The number of rotatable bonds is 9. The van der Waals surface area contributed by atoms with Crippen molar-refractivity contribution in [3.63, 3.8) is 0 Å². The second-order valence-electron chi connectivity index (χ2n) is 5.71. The summed E-state index contributed by atoms with van der Waals surface area (Å²) < 4.78 is 5.25. The average molecular weight is 293 g/mol. The van der Waals surface area contributed by atoms with Crippen LogP contribution < -0.4 is 10.2 Å². The first-order valence-corrected chi connectivity index (χ1v) is 7.76. The largest absolute Gasteiger partial charge is 0.497 e. The van der Waals surface area contributed by atoms with E-state index in [1.165, 1.54) is 12.8 Å². The minimum absolute atomic E-state index is 0.414. The Labute approximate surface area is 128 Å². The number of unbranched alkanes of at least 4 members (excludes halogenated alkanes) is 2. The molecule has 21 heavy (non-hydrogen) atoms. The molecule has 1 rings (SSSR count). The van der Waals surface area contributed by atoms with Crippen LogP contribution in [0.5, 0.6) is 5.75 Å². The average Bonchev–Trinajstić information content (AvgIpc) is 2.45. The smallest absolute Gasteiger partial charge is 0.488 e. The van der Waals surface area contributed by atoms with E-state index in [0.29, 0.717) is 18.0 Å². The van der Waals surface area contributed by atoms with Gasteiger partial charge in [-0.15, -0.1) is 0 Å². The maximum Gasteiger partial charge on any atom is 0.488 e. The van der Waals surface area contributed by atoms with E-state index >= 15 is 0 Å². The van der Waals surface area contributed by atoms with Crippen LogP contribution in [0.25, 0.3) is 0 Å². The maximum absolute atomic E-state index is 9.53. The Morgan fingerprint density at radius 1 is 1.24 bits per heavy atom. The third-order valence-electron chi connectivity index (χ3n) is 3.78. The number of benzene rings is 1. The van der Waals surface area contributed by atoms with Crippen molar-refractivity contribution in [2.24, 2.45) is 0 Å². The Morgan fingerprint density at radius 3 is 2.48 bits per heavy atom. The minimum atomic E-state index is -1.45. The molecule has 0 atom stereocenters. The van der Waals surface area contributed by atoms with Crippen LogP contribution in [0, 0.1) is 0 Å². The fraction of sp³-hybridized carbons (Fsp3) is 0.625. The highest BCUT2D eigenvalue weighted by molar-refractivity contribution is 6.59. The standard InChI is InChI=1S/C16H28BNO3/c1-5-6-7-10-18(13(2)3)12-14-11-15(21-4)8-9-16(14)17(19)20/h8-9,11,13,19-20H,5-7,10,12H2,1-4H3. The predicted octanol–water partition coefficient (Wildman–Crippen LogP) is 1.78. The normalized spacial score (nSPS) is 11.2. The fourth-order valence-corrected chi connectivity index (χ4v) is 2.40. The second kappa shape index (κ2) is 9.08. The van der Waals surface area contributed by atoms with Crippen molar-refractivity contribution < 1.29 is 14.8 Å². The molecule has 1 aromatic rings. The molecular formula is C16H28BNO3. The van der Waals surface area contributed by atoms with E-state index in [0.717, 1.165) is 24.3 Å². The molecule has 0 heterocycles. The van der Waals surface area contributed by atoms with Gasteiger partial charge in [0.25, 0.3) is 0 Å². The van der Waals surface area contributed by atoms with Crippen molar-refractivity contribution in [1.29, 1.82) is 0 Å². The van der Waals surface area contributed by atoms with Gasteiger partial charge in [0.1, 0.15) is 5.75 Å². The Kier molecular flexibility index (Phi) is 7.79. The van der Waals surface area contributed by atoms with Crippen molar-refractivity contribution in [2.45, 2.75) is 52.6 Å². The van der Waals surface area contributed by atoms with Crippen LogP contribution in [0.4, 0.5) is 0 Å². The van der Waals surface area contributed by atoms with Gasteiger partial charge >= 0.3 is 7.12 Å². The molecule has 0 unspecified atom stereocenters. The van der Waals surface area contributed by atoms with Crippen LogP contribution in [0.2, 0.25) is 0 Å². The molecule has 0 aromatic heterocycles. The Bertz CT molecular complexity index is 424. The molecule has 0 amide bonds. The fourth-order valence-electron chi connectivity index (χ4n) is 2.40. The zero-order chi connectivity index (χ0) is 15.8. The zero-order valence-electron chi connectivity index (χ0n) is 13.7. The summed E-state index contributed by atoms with van der Waals surface area (Å²) in [5.74, 6) is 0.742. The van der Waals surface area contributed by atoms with Gasteiger partial charge in [0, 0.05) is 12.6 Å². The summed E-state index contributed by atoms with van der Waals surface area (Å²) in [7, 11) is 0.172. The van der Waals surface area contributed by atoms with Crippen LogP contribution >= 0.6 is 0 Å². The van der Waals surface area contributed by atoms with Crippen LogP contribution in [-0.4, -0.2) is 41.8 Å². The van der Waals surface area contributed by atoms with Crippen molar-refractivity contribution in [2.75, 3.05) is 13.7 Å². The highest BCUT2D eigenvalue weighted by atomic mass is 16.5. The van der Waals surface area contributed by atoms with Crippen molar-refractivity contribution in [3.05, 3.63) is 23.8 Å². The summed E-state index contributed by atoms with van der Waals surface area (Å²) in [4.78, 5) is 2.36. The van der Waals surface area contributed by atoms with Crippen LogP contribution in [0.3, 0.4) is 0 Å². The second-order valence-corrected chi connectivity index (χ2v) is 5.71. The molecule has 4 nitrogen and oxygen atoms in total. The van der Waals surface area contributed by atoms with Gasteiger partial charge in [-0.25, -0.2) is 0 Å². The quantitative estimate of drug-likeness (QED) is 0.538. The SMILES string of the molecule is CCCCCN(Cc1cc(OC)ccc1B(O)O)C(C)C. The minimum Gasteiger partial charge on any atom is -0.497 e. The van der Waals surface area contributed by atoms with Gasteiger partial charge in [-0.3, -0.25) is 4.90 Å². The molecule has 0 fully saturated rings. The summed E-state index contributed by atoms with van der Waals surface area (Å²) in [6.45, 7) is 8.25. The molecular weight excluding hydrogens is 265 g/mol. The molecule has 5 heteroatoms. The van der Waals surface area contributed by atoms with Crippen molar-refractivity contribution in [1.82, 2.24) is 4.90 Å². The molecule has 2 N–H and O–H groups in total. The molecule has 0 aliphatic carbocycles. The number of hydrogen-bond donors (Lipinski definition) is 2. The number of hydrogen-bond acceptors (Lipinski definition) is 4. The third-order valence-corrected chi connectivity index (χ3v) is 3.78. The van der Waals surface area contributed by atoms with E-state index in [-0.39, 0.29) is 0 Å². The lowest BCUT2D eigenvalue weighted by molar-refractivity contribution is 0.208. The molecule has 0 saturated heterocycles. The van der Waals surface area contributed by atoms with E-state index in [9.17, 15) is 10.0 Å². The zero-order valence-corrected chi connectivity index (χ0v) is 13.7. The van der Waals surface area contributed by atoms with E-state index in [2.05, 4.69) is 25.7 Å². The summed E-state index contributed by atoms with van der Waals surface area (Å²) in [5, 5.41) is 19.1. The summed E-state index contributed by atoms with van der Waals surface area (Å²) >= 11 is 0. The molecule has 0 bridgehead atoms. The summed E-state index contributed by atoms with van der Waals surface area (Å²) in [6.07, 6.45) is 3.58. The summed E-state index contributed by atoms with van der Waals surface area (Å²) in [6, 6.07) is 5.79. The van der Waals surface area contributed by atoms with E-state index < -0.39 is 7.12 Å². The number of methoxy groups -OCH3 is 1. The molecule has 0 spiro atoms. The van der Waals surface area contributed by atoms with Crippen molar-refractivity contribution >= 4 is 12.6 Å². The van der Waals surface area contributed by atoms with Gasteiger partial charge in [0.05, 0.1) is 7.11 Å². The van der Waals surface area contributed by atoms with Gasteiger partial charge in [-0.1, -0.05) is 25.8 Å². The van der Waals surface area contributed by atoms with E-state index in [1.807, 2.05) is 6.07 Å². The molecule has 1 aromatic carbocycles. The van der Waals surface area contributed by atoms with E-state index in [4.69, 9.17) is 4.74 Å². The van der Waals surface area contributed by atoms with E-state index in [1.54, 1.807) is 19.2 Å². The summed E-state index contributed by atoms with van der Waals surface area (Å²) in [5.41, 5.74) is 1.46. The van der Waals surface area contributed by atoms with Gasteiger partial charge in [0.15, 0.2) is 0 Å². The topological polar surface area (TPSA) is 52.9 Å².